The van der Waals surface area contributed by atoms with E-state index in [1.54, 1.807) is 0 Å². The van der Waals surface area contributed by atoms with Crippen molar-refractivity contribution in [2.75, 3.05) is 0 Å². The number of carbonyl (C=O) groups is 1. The molecule has 0 unspecified atom stereocenters. The maximum absolute atomic E-state index is 12.1. The molecule has 0 aliphatic heterocycles. The van der Waals surface area contributed by atoms with Gasteiger partial charge >= 0.3 is 11.7 Å². The first-order chi connectivity index (χ1) is 13.0. The maximum Gasteiger partial charge on any atom is 0.330 e. The molecule has 0 saturated heterocycles. The number of benzene rings is 2. The van der Waals surface area contributed by atoms with Gasteiger partial charge in [-0.25, -0.2) is 4.79 Å². The van der Waals surface area contributed by atoms with Crippen LogP contribution in [0, 0.1) is 0 Å². The van der Waals surface area contributed by atoms with Crippen LogP contribution in [0.5, 0.6) is 0 Å². The van der Waals surface area contributed by atoms with E-state index in [1.807, 2.05) is 54.6 Å². The molecule has 0 saturated carbocycles. The van der Waals surface area contributed by atoms with Gasteiger partial charge in [0.15, 0.2) is 0 Å². The van der Waals surface area contributed by atoms with Gasteiger partial charge in [0.05, 0.1) is 12.1 Å². The number of nitrogens with zero attached hydrogens (tertiary/aromatic N) is 2. The van der Waals surface area contributed by atoms with E-state index in [9.17, 15) is 14.4 Å². The van der Waals surface area contributed by atoms with Gasteiger partial charge in [0, 0.05) is 20.2 Å². The molecule has 0 fully saturated rings. The highest BCUT2D eigenvalue weighted by Crippen LogP contribution is 2.19. The van der Waals surface area contributed by atoms with Crippen molar-refractivity contribution in [2.24, 2.45) is 14.1 Å². The van der Waals surface area contributed by atoms with Crippen LogP contribution >= 0.6 is 0 Å². The van der Waals surface area contributed by atoms with Crippen LogP contribution in [0.3, 0.4) is 0 Å². The summed E-state index contributed by atoms with van der Waals surface area (Å²) in [4.78, 5) is 35.7. The minimum atomic E-state index is -0.454. The number of ether oxygens (including phenoxy) is 1. The summed E-state index contributed by atoms with van der Waals surface area (Å²) in [5.41, 5.74) is 2.49. The van der Waals surface area contributed by atoms with Gasteiger partial charge in [0.2, 0.25) is 0 Å². The highest BCUT2D eigenvalue weighted by atomic mass is 16.5. The SMILES string of the molecule is Cn1c(COC(=O)Cc2ccc(-c3ccccc3)cc2)cc(=O)n(C)c1=O. The van der Waals surface area contributed by atoms with E-state index in [0.717, 1.165) is 21.3 Å². The third kappa shape index (κ3) is 4.23. The fourth-order valence-electron chi connectivity index (χ4n) is 2.73. The molecule has 1 aromatic heterocycles. The zero-order valence-electron chi connectivity index (χ0n) is 15.2. The van der Waals surface area contributed by atoms with Crippen molar-refractivity contribution >= 4 is 5.97 Å². The van der Waals surface area contributed by atoms with Crippen molar-refractivity contribution in [2.45, 2.75) is 13.0 Å². The second-order valence-corrected chi connectivity index (χ2v) is 6.27. The first kappa shape index (κ1) is 18.4. The Kier molecular flexibility index (Phi) is 5.35. The Morgan fingerprint density at radius 1 is 0.889 bits per heavy atom. The summed E-state index contributed by atoms with van der Waals surface area (Å²) in [5, 5.41) is 0. The Labute approximate surface area is 156 Å². The number of aromatic nitrogens is 2. The van der Waals surface area contributed by atoms with Gasteiger partial charge in [-0.3, -0.25) is 18.7 Å². The molecule has 1 heterocycles. The van der Waals surface area contributed by atoms with Crippen molar-refractivity contribution < 1.29 is 9.53 Å². The normalized spacial score (nSPS) is 10.6. The zero-order chi connectivity index (χ0) is 19.4. The van der Waals surface area contributed by atoms with Gasteiger partial charge in [-0.1, -0.05) is 54.6 Å². The fraction of sp³-hybridized carbons (Fsp3) is 0.190. The summed E-state index contributed by atoms with van der Waals surface area (Å²) in [7, 11) is 2.94. The number of carbonyl (C=O) groups excluding carboxylic acids is 1. The standard InChI is InChI=1S/C21H20N2O4/c1-22-18(13-19(24)23(2)21(22)26)14-27-20(25)12-15-8-10-17(11-9-15)16-6-4-3-5-7-16/h3-11,13H,12,14H2,1-2H3. The quantitative estimate of drug-likeness (QED) is 0.650. The highest BCUT2D eigenvalue weighted by Gasteiger charge is 2.10. The molecule has 0 radical (unpaired) electrons. The Balaban J connectivity index is 1.63. The van der Waals surface area contributed by atoms with Crippen LogP contribution < -0.4 is 11.2 Å². The molecule has 0 bridgehead atoms. The fourth-order valence-corrected chi connectivity index (χ4v) is 2.73. The van der Waals surface area contributed by atoms with Crippen LogP contribution in [0.1, 0.15) is 11.3 Å². The predicted molar refractivity (Wildman–Crippen MR) is 102 cm³/mol. The topological polar surface area (TPSA) is 70.3 Å². The lowest BCUT2D eigenvalue weighted by atomic mass is 10.0. The number of esters is 1. The molecule has 3 aromatic rings. The third-order valence-electron chi connectivity index (χ3n) is 4.42. The summed E-state index contributed by atoms with van der Waals surface area (Å²) in [6, 6.07) is 19.0. The number of hydrogen-bond donors (Lipinski definition) is 0. The van der Waals surface area contributed by atoms with E-state index >= 15 is 0 Å². The summed E-state index contributed by atoms with van der Waals surface area (Å²) < 4.78 is 7.53. The van der Waals surface area contributed by atoms with Crippen LogP contribution in [-0.4, -0.2) is 15.1 Å². The third-order valence-corrected chi connectivity index (χ3v) is 4.42. The van der Waals surface area contributed by atoms with Crippen LogP contribution in [0.15, 0.2) is 70.3 Å². The summed E-state index contributed by atoms with van der Waals surface area (Å²) in [6.45, 7) is -0.122. The number of rotatable bonds is 5. The van der Waals surface area contributed by atoms with Crippen LogP contribution in [0.2, 0.25) is 0 Å². The molecule has 138 valence electrons. The predicted octanol–water partition coefficient (Wildman–Crippen LogP) is 2.04. The lowest BCUT2D eigenvalue weighted by Gasteiger charge is -2.10. The summed E-state index contributed by atoms with van der Waals surface area (Å²) >= 11 is 0. The lowest BCUT2D eigenvalue weighted by Crippen LogP contribution is -2.38. The second-order valence-electron chi connectivity index (χ2n) is 6.27. The minimum absolute atomic E-state index is 0.119. The van der Waals surface area contributed by atoms with Crippen LogP contribution in [0.4, 0.5) is 0 Å². The van der Waals surface area contributed by atoms with E-state index in [4.69, 9.17) is 4.74 Å². The molecule has 2 aromatic carbocycles. The van der Waals surface area contributed by atoms with E-state index in [1.165, 1.54) is 24.7 Å². The van der Waals surface area contributed by atoms with E-state index in [-0.39, 0.29) is 13.0 Å². The number of hydrogen-bond acceptors (Lipinski definition) is 4. The Morgan fingerprint density at radius 2 is 1.52 bits per heavy atom. The molecule has 6 heteroatoms. The molecule has 0 atom stereocenters. The first-order valence-electron chi connectivity index (χ1n) is 8.51. The molecule has 6 nitrogen and oxygen atoms in total. The smallest absolute Gasteiger partial charge is 0.330 e. The molecule has 27 heavy (non-hydrogen) atoms. The Hall–Kier alpha value is -3.41. The van der Waals surface area contributed by atoms with Crippen LogP contribution in [-0.2, 0) is 36.7 Å². The van der Waals surface area contributed by atoms with Gasteiger partial charge in [-0.15, -0.1) is 0 Å². The van der Waals surface area contributed by atoms with Crippen molar-refractivity contribution in [3.05, 3.63) is 92.8 Å². The zero-order valence-corrected chi connectivity index (χ0v) is 15.2. The average Bonchev–Trinajstić information content (AvgIpc) is 2.69. The van der Waals surface area contributed by atoms with Crippen molar-refractivity contribution in [1.29, 1.82) is 0 Å². The van der Waals surface area contributed by atoms with Gasteiger partial charge in [-0.05, 0) is 16.7 Å². The van der Waals surface area contributed by atoms with Gasteiger partial charge < -0.3 is 4.74 Å². The van der Waals surface area contributed by atoms with Crippen molar-refractivity contribution in [3.8, 4) is 11.1 Å². The Bertz CT molecular complexity index is 1060. The average molecular weight is 364 g/mol. The molecular formula is C21H20N2O4. The summed E-state index contributed by atoms with van der Waals surface area (Å²) in [5.74, 6) is -0.421. The van der Waals surface area contributed by atoms with Gasteiger partial charge in [0.1, 0.15) is 6.61 Å². The van der Waals surface area contributed by atoms with Gasteiger partial charge in [-0.2, -0.15) is 0 Å². The van der Waals surface area contributed by atoms with Crippen LogP contribution in [0.25, 0.3) is 11.1 Å². The van der Waals surface area contributed by atoms with Crippen molar-refractivity contribution in [3.63, 3.8) is 0 Å². The lowest BCUT2D eigenvalue weighted by molar-refractivity contribution is -0.144. The molecule has 0 aliphatic carbocycles. The summed E-state index contributed by atoms with van der Waals surface area (Å²) in [6.07, 6.45) is 0.119. The molecule has 0 aliphatic rings. The molecule has 0 N–H and O–H groups in total. The molecular weight excluding hydrogens is 344 g/mol. The van der Waals surface area contributed by atoms with E-state index in [0.29, 0.717) is 5.69 Å². The highest BCUT2D eigenvalue weighted by molar-refractivity contribution is 5.73. The molecule has 0 amide bonds. The van der Waals surface area contributed by atoms with Crippen molar-refractivity contribution in [1.82, 2.24) is 9.13 Å². The maximum atomic E-state index is 12.1. The largest absolute Gasteiger partial charge is 0.459 e. The molecule has 0 spiro atoms. The van der Waals surface area contributed by atoms with E-state index in [2.05, 4.69) is 0 Å². The Morgan fingerprint density at radius 3 is 2.19 bits per heavy atom. The molecule has 3 rings (SSSR count). The minimum Gasteiger partial charge on any atom is -0.459 e. The first-order valence-corrected chi connectivity index (χ1v) is 8.51. The monoisotopic (exact) mass is 364 g/mol. The second kappa shape index (κ2) is 7.86. The van der Waals surface area contributed by atoms with E-state index < -0.39 is 17.2 Å². The van der Waals surface area contributed by atoms with Gasteiger partial charge in [0.25, 0.3) is 5.56 Å².